The zero-order valence-electron chi connectivity index (χ0n) is 12.5. The van der Waals surface area contributed by atoms with Gasteiger partial charge in [0.1, 0.15) is 0 Å². The van der Waals surface area contributed by atoms with Gasteiger partial charge in [0.2, 0.25) is 0 Å². The second-order valence-corrected chi connectivity index (χ2v) is 5.65. The molecule has 3 nitrogen and oxygen atoms in total. The minimum absolute atomic E-state index is 0.451. The molecule has 0 bridgehead atoms. The van der Waals surface area contributed by atoms with Gasteiger partial charge in [0.15, 0.2) is 0 Å². The van der Waals surface area contributed by atoms with Crippen LogP contribution in [0.4, 0.5) is 5.69 Å². The van der Waals surface area contributed by atoms with E-state index >= 15 is 0 Å². The second kappa shape index (κ2) is 7.87. The van der Waals surface area contributed by atoms with Crippen LogP contribution in [0.5, 0.6) is 0 Å². The molecular formula is C16H25ClN2O. The molecule has 1 heterocycles. The van der Waals surface area contributed by atoms with Crippen molar-refractivity contribution in [2.75, 3.05) is 31.2 Å². The molecule has 20 heavy (non-hydrogen) atoms. The van der Waals surface area contributed by atoms with Gasteiger partial charge in [-0.1, -0.05) is 31.5 Å². The third kappa shape index (κ3) is 3.66. The van der Waals surface area contributed by atoms with Crippen molar-refractivity contribution < 1.29 is 4.74 Å². The van der Waals surface area contributed by atoms with E-state index in [2.05, 4.69) is 30.1 Å². The monoisotopic (exact) mass is 296 g/mol. The SMILES string of the molecule is CCCNCc1c(Cl)cccc1N1CCOCC1CC. The van der Waals surface area contributed by atoms with Crippen molar-refractivity contribution in [3.05, 3.63) is 28.8 Å². The third-order valence-corrected chi connectivity index (χ3v) is 4.19. The van der Waals surface area contributed by atoms with Crippen molar-refractivity contribution in [3.8, 4) is 0 Å². The number of hydrogen-bond donors (Lipinski definition) is 1. The van der Waals surface area contributed by atoms with Crippen molar-refractivity contribution in [2.24, 2.45) is 0 Å². The molecule has 0 saturated carbocycles. The topological polar surface area (TPSA) is 24.5 Å². The number of rotatable bonds is 6. The molecule has 1 aromatic carbocycles. The van der Waals surface area contributed by atoms with Gasteiger partial charge in [-0.15, -0.1) is 0 Å². The van der Waals surface area contributed by atoms with Crippen molar-refractivity contribution in [3.63, 3.8) is 0 Å². The van der Waals surface area contributed by atoms with E-state index in [4.69, 9.17) is 16.3 Å². The Morgan fingerprint density at radius 1 is 1.40 bits per heavy atom. The highest BCUT2D eigenvalue weighted by Crippen LogP contribution is 2.30. The zero-order valence-corrected chi connectivity index (χ0v) is 13.2. The van der Waals surface area contributed by atoms with E-state index in [1.807, 2.05) is 12.1 Å². The molecular weight excluding hydrogens is 272 g/mol. The second-order valence-electron chi connectivity index (χ2n) is 5.24. The van der Waals surface area contributed by atoms with E-state index in [-0.39, 0.29) is 0 Å². The quantitative estimate of drug-likeness (QED) is 0.814. The lowest BCUT2D eigenvalue weighted by Crippen LogP contribution is -2.45. The molecule has 1 aliphatic rings. The van der Waals surface area contributed by atoms with E-state index < -0.39 is 0 Å². The number of nitrogens with zero attached hydrogens (tertiary/aromatic N) is 1. The molecule has 1 atom stereocenters. The summed E-state index contributed by atoms with van der Waals surface area (Å²) in [6.07, 6.45) is 2.23. The van der Waals surface area contributed by atoms with Crippen LogP contribution in [0.15, 0.2) is 18.2 Å². The molecule has 1 aliphatic heterocycles. The smallest absolute Gasteiger partial charge is 0.0670 e. The Morgan fingerprint density at radius 2 is 2.25 bits per heavy atom. The maximum atomic E-state index is 6.42. The fraction of sp³-hybridized carbons (Fsp3) is 0.625. The highest BCUT2D eigenvalue weighted by Gasteiger charge is 2.24. The van der Waals surface area contributed by atoms with Gasteiger partial charge in [-0.25, -0.2) is 0 Å². The van der Waals surface area contributed by atoms with Crippen LogP contribution in [0, 0.1) is 0 Å². The number of benzene rings is 1. The molecule has 112 valence electrons. The van der Waals surface area contributed by atoms with E-state index in [1.165, 1.54) is 11.3 Å². The van der Waals surface area contributed by atoms with Gasteiger partial charge >= 0.3 is 0 Å². The summed E-state index contributed by atoms with van der Waals surface area (Å²) in [5, 5.41) is 4.32. The van der Waals surface area contributed by atoms with Crippen molar-refractivity contribution in [1.82, 2.24) is 5.32 Å². The fourth-order valence-corrected chi connectivity index (χ4v) is 2.93. The summed E-state index contributed by atoms with van der Waals surface area (Å²) in [6.45, 7) is 8.79. The van der Waals surface area contributed by atoms with Crippen LogP contribution in [-0.4, -0.2) is 32.3 Å². The average molecular weight is 297 g/mol. The summed E-state index contributed by atoms with van der Waals surface area (Å²) in [6, 6.07) is 6.66. The maximum absolute atomic E-state index is 6.42. The van der Waals surface area contributed by atoms with Crippen molar-refractivity contribution in [1.29, 1.82) is 0 Å². The van der Waals surface area contributed by atoms with Crippen molar-refractivity contribution >= 4 is 17.3 Å². The molecule has 1 N–H and O–H groups in total. The molecule has 1 saturated heterocycles. The number of nitrogens with one attached hydrogen (secondary N) is 1. The predicted molar refractivity (Wildman–Crippen MR) is 85.7 cm³/mol. The van der Waals surface area contributed by atoms with Crippen LogP contribution in [0.25, 0.3) is 0 Å². The Hall–Kier alpha value is -0.770. The Morgan fingerprint density at radius 3 is 3.00 bits per heavy atom. The van der Waals surface area contributed by atoms with E-state index in [0.717, 1.165) is 50.7 Å². The lowest BCUT2D eigenvalue weighted by Gasteiger charge is -2.38. The van der Waals surface area contributed by atoms with Crippen LogP contribution < -0.4 is 10.2 Å². The molecule has 0 amide bonds. The summed E-state index contributed by atoms with van der Waals surface area (Å²) >= 11 is 6.42. The van der Waals surface area contributed by atoms with E-state index in [0.29, 0.717) is 6.04 Å². The molecule has 1 aromatic rings. The van der Waals surface area contributed by atoms with E-state index in [1.54, 1.807) is 0 Å². The lowest BCUT2D eigenvalue weighted by atomic mass is 10.1. The Labute approximate surface area is 127 Å². The van der Waals surface area contributed by atoms with Gasteiger partial charge in [-0.2, -0.15) is 0 Å². The van der Waals surface area contributed by atoms with Crippen molar-refractivity contribution in [2.45, 2.75) is 39.3 Å². The zero-order chi connectivity index (χ0) is 14.4. The molecule has 0 spiro atoms. The summed E-state index contributed by atoms with van der Waals surface area (Å²) in [4.78, 5) is 2.46. The summed E-state index contributed by atoms with van der Waals surface area (Å²) < 4.78 is 5.60. The predicted octanol–water partition coefficient (Wildman–Crippen LogP) is 3.45. The first-order valence-corrected chi connectivity index (χ1v) is 7.98. The number of hydrogen-bond acceptors (Lipinski definition) is 3. The Bertz CT molecular complexity index is 425. The van der Waals surface area contributed by atoms with Gasteiger partial charge in [0, 0.05) is 29.4 Å². The highest BCUT2D eigenvalue weighted by atomic mass is 35.5. The molecule has 4 heteroatoms. The van der Waals surface area contributed by atoms with Gasteiger partial charge in [-0.3, -0.25) is 0 Å². The normalized spacial score (nSPS) is 19.4. The van der Waals surface area contributed by atoms with E-state index in [9.17, 15) is 0 Å². The minimum atomic E-state index is 0.451. The van der Waals surface area contributed by atoms with Crippen LogP contribution in [0.3, 0.4) is 0 Å². The molecule has 2 rings (SSSR count). The average Bonchev–Trinajstić information content (AvgIpc) is 2.49. The first-order chi connectivity index (χ1) is 9.77. The number of anilines is 1. The number of halogens is 1. The maximum Gasteiger partial charge on any atom is 0.0670 e. The number of morpholine rings is 1. The van der Waals surface area contributed by atoms with Crippen LogP contribution in [0.1, 0.15) is 32.3 Å². The summed E-state index contributed by atoms with van der Waals surface area (Å²) in [5.41, 5.74) is 2.47. The summed E-state index contributed by atoms with van der Waals surface area (Å²) in [7, 11) is 0. The lowest BCUT2D eigenvalue weighted by molar-refractivity contribution is 0.0929. The standard InChI is InChI=1S/C16H25ClN2O/c1-3-8-18-11-14-15(17)6-5-7-16(14)19-9-10-20-12-13(19)4-2/h5-7,13,18H,3-4,8-12H2,1-2H3. The Balaban J connectivity index is 2.22. The first-order valence-electron chi connectivity index (χ1n) is 7.60. The third-order valence-electron chi connectivity index (χ3n) is 3.83. The van der Waals surface area contributed by atoms with Crippen LogP contribution in [-0.2, 0) is 11.3 Å². The number of ether oxygens (including phenoxy) is 1. The molecule has 0 aliphatic carbocycles. The van der Waals surface area contributed by atoms with Gasteiger partial charge in [0.05, 0.1) is 19.3 Å². The van der Waals surface area contributed by atoms with Crippen LogP contribution >= 0.6 is 11.6 Å². The fourth-order valence-electron chi connectivity index (χ4n) is 2.69. The Kier molecular flexibility index (Phi) is 6.14. The minimum Gasteiger partial charge on any atom is -0.377 e. The molecule has 0 radical (unpaired) electrons. The molecule has 1 fully saturated rings. The first kappa shape index (κ1) is 15.6. The largest absolute Gasteiger partial charge is 0.377 e. The molecule has 1 unspecified atom stereocenters. The van der Waals surface area contributed by atoms with Gasteiger partial charge < -0.3 is 15.0 Å². The highest BCUT2D eigenvalue weighted by molar-refractivity contribution is 6.31. The van der Waals surface area contributed by atoms with Gasteiger partial charge in [-0.05, 0) is 31.5 Å². The van der Waals surface area contributed by atoms with Crippen LogP contribution in [0.2, 0.25) is 5.02 Å². The van der Waals surface area contributed by atoms with Gasteiger partial charge in [0.25, 0.3) is 0 Å². The summed E-state index contributed by atoms with van der Waals surface area (Å²) in [5.74, 6) is 0. The molecule has 0 aromatic heterocycles.